The van der Waals surface area contributed by atoms with Gasteiger partial charge in [-0.15, -0.1) is 4.68 Å². The number of ether oxygens (including phenoxy) is 1. The summed E-state index contributed by atoms with van der Waals surface area (Å²) >= 11 is 0. The van der Waals surface area contributed by atoms with Gasteiger partial charge >= 0.3 is 5.95 Å². The van der Waals surface area contributed by atoms with Crippen molar-refractivity contribution in [3.05, 3.63) is 24.5 Å². The molecular weight excluding hydrogens is 256 g/mol. The Morgan fingerprint density at radius 2 is 2.05 bits per heavy atom. The summed E-state index contributed by atoms with van der Waals surface area (Å²) in [4.78, 5) is 2.00. The predicted octanol–water partition coefficient (Wildman–Crippen LogP) is 1.73. The van der Waals surface area contributed by atoms with Gasteiger partial charge in [-0.05, 0) is 12.1 Å². The molecular formula is C13H19N6O+. The number of aryl methyl sites for hydroxylation is 2. The zero-order chi connectivity index (χ0) is 14.7. The summed E-state index contributed by atoms with van der Waals surface area (Å²) in [5, 5.41) is 12.6. The summed E-state index contributed by atoms with van der Waals surface area (Å²) < 4.78 is 8.81. The van der Waals surface area contributed by atoms with Crippen molar-refractivity contribution in [1.29, 1.82) is 0 Å². The second-order valence-electron chi connectivity index (χ2n) is 4.62. The Hall–Kier alpha value is -2.44. The van der Waals surface area contributed by atoms with E-state index >= 15 is 0 Å². The smallest absolute Gasteiger partial charge is 0.441 e. The number of rotatable bonds is 4. The lowest BCUT2D eigenvalue weighted by Gasteiger charge is -2.13. The van der Waals surface area contributed by atoms with Crippen molar-refractivity contribution in [3.63, 3.8) is 0 Å². The molecule has 0 aliphatic rings. The minimum absolute atomic E-state index is 0.656. The molecule has 2 rings (SSSR count). The van der Waals surface area contributed by atoms with Crippen LogP contribution in [0.25, 0.3) is 0 Å². The van der Waals surface area contributed by atoms with Crippen molar-refractivity contribution in [2.24, 2.45) is 24.3 Å². The fourth-order valence-corrected chi connectivity index (χ4v) is 1.75. The van der Waals surface area contributed by atoms with Crippen LogP contribution in [-0.4, -0.2) is 30.9 Å². The molecule has 0 aliphatic heterocycles. The minimum atomic E-state index is 0.656. The second-order valence-corrected chi connectivity index (χ2v) is 4.62. The van der Waals surface area contributed by atoms with E-state index in [0.717, 1.165) is 5.69 Å². The van der Waals surface area contributed by atoms with Gasteiger partial charge in [-0.2, -0.15) is 0 Å². The molecule has 0 amide bonds. The summed E-state index contributed by atoms with van der Waals surface area (Å²) in [6.07, 6.45) is 1.68. The fraction of sp³-hybridized carbons (Fsp3) is 0.385. The van der Waals surface area contributed by atoms with Gasteiger partial charge in [0.2, 0.25) is 0 Å². The van der Waals surface area contributed by atoms with Gasteiger partial charge in [0.25, 0.3) is 0 Å². The van der Waals surface area contributed by atoms with E-state index in [1.165, 1.54) is 0 Å². The third-order valence-corrected chi connectivity index (χ3v) is 2.93. The number of hydrogen-bond donors (Lipinski definition) is 0. The van der Waals surface area contributed by atoms with E-state index < -0.39 is 0 Å². The van der Waals surface area contributed by atoms with Crippen LogP contribution in [0, 0.1) is 0 Å². The van der Waals surface area contributed by atoms with E-state index in [2.05, 4.69) is 15.3 Å². The van der Waals surface area contributed by atoms with Crippen LogP contribution in [0.15, 0.2) is 34.8 Å². The molecule has 0 fully saturated rings. The van der Waals surface area contributed by atoms with Crippen LogP contribution in [0.4, 0.5) is 17.3 Å². The number of benzene rings is 1. The molecule has 7 heteroatoms. The van der Waals surface area contributed by atoms with E-state index in [1.54, 1.807) is 22.7 Å². The monoisotopic (exact) mass is 275 g/mol. The molecule has 1 aromatic carbocycles. The fourth-order valence-electron chi connectivity index (χ4n) is 1.75. The Bertz CT molecular complexity index is 612. The predicted molar refractivity (Wildman–Crippen MR) is 75.9 cm³/mol. The first-order valence-electron chi connectivity index (χ1n) is 6.17. The lowest BCUT2D eigenvalue weighted by Crippen LogP contribution is -2.29. The molecule has 0 N–H and O–H groups in total. The van der Waals surface area contributed by atoms with Crippen LogP contribution in [-0.2, 0) is 14.1 Å². The molecule has 1 aromatic heterocycles. The van der Waals surface area contributed by atoms with Gasteiger partial charge < -0.3 is 9.64 Å². The molecule has 0 spiro atoms. The van der Waals surface area contributed by atoms with E-state index in [4.69, 9.17) is 4.74 Å². The van der Waals surface area contributed by atoms with Crippen molar-refractivity contribution in [3.8, 4) is 5.75 Å². The molecule has 20 heavy (non-hydrogen) atoms. The van der Waals surface area contributed by atoms with Crippen molar-refractivity contribution in [1.82, 2.24) is 9.67 Å². The highest BCUT2D eigenvalue weighted by Crippen LogP contribution is 2.32. The Kier molecular flexibility index (Phi) is 3.97. The molecule has 1 heterocycles. The van der Waals surface area contributed by atoms with Gasteiger partial charge in [0, 0.05) is 31.0 Å². The molecule has 0 unspecified atom stereocenters. The lowest BCUT2D eigenvalue weighted by atomic mass is 10.2. The highest BCUT2D eigenvalue weighted by molar-refractivity contribution is 5.61. The van der Waals surface area contributed by atoms with Crippen LogP contribution in [0.3, 0.4) is 0 Å². The SMILES string of the molecule is COc1cc(N(C)C)ccc1N=Nc1n(C)cn[n+]1C. The average molecular weight is 275 g/mol. The van der Waals surface area contributed by atoms with Gasteiger partial charge in [0.1, 0.15) is 11.4 Å². The summed E-state index contributed by atoms with van der Waals surface area (Å²) in [6, 6.07) is 5.78. The second kappa shape index (κ2) is 5.68. The summed E-state index contributed by atoms with van der Waals surface area (Å²) in [5.74, 6) is 1.34. The number of anilines is 1. The van der Waals surface area contributed by atoms with Gasteiger partial charge in [-0.25, -0.2) is 4.57 Å². The first kappa shape index (κ1) is 14.0. The molecule has 7 nitrogen and oxygen atoms in total. The van der Waals surface area contributed by atoms with Crippen LogP contribution in [0.5, 0.6) is 5.75 Å². The first-order valence-corrected chi connectivity index (χ1v) is 6.17. The maximum Gasteiger partial charge on any atom is 0.441 e. The quantitative estimate of drug-likeness (QED) is 0.630. The van der Waals surface area contributed by atoms with E-state index in [-0.39, 0.29) is 0 Å². The molecule has 0 saturated heterocycles. The maximum absolute atomic E-state index is 5.36. The van der Waals surface area contributed by atoms with Crippen LogP contribution in [0.1, 0.15) is 0 Å². The van der Waals surface area contributed by atoms with Gasteiger partial charge in [0.15, 0.2) is 6.33 Å². The Morgan fingerprint density at radius 3 is 2.60 bits per heavy atom. The number of nitrogens with zero attached hydrogens (tertiary/aromatic N) is 6. The van der Waals surface area contributed by atoms with Crippen molar-refractivity contribution < 1.29 is 9.42 Å². The number of hydrogen-bond acceptors (Lipinski definition) is 5. The van der Waals surface area contributed by atoms with Crippen LogP contribution in [0.2, 0.25) is 0 Å². The zero-order valence-electron chi connectivity index (χ0n) is 12.4. The topological polar surface area (TPSA) is 58.9 Å². The number of aromatic nitrogens is 3. The number of azo groups is 1. The highest BCUT2D eigenvalue weighted by atomic mass is 16.5. The molecule has 0 saturated carbocycles. The van der Waals surface area contributed by atoms with Crippen molar-refractivity contribution in [2.75, 3.05) is 26.1 Å². The lowest BCUT2D eigenvalue weighted by molar-refractivity contribution is -0.716. The molecule has 0 bridgehead atoms. The largest absolute Gasteiger partial charge is 0.494 e. The summed E-state index contributed by atoms with van der Waals surface area (Å²) in [7, 11) is 9.27. The van der Waals surface area contributed by atoms with E-state index in [1.807, 2.05) is 51.3 Å². The average Bonchev–Trinajstić information content (AvgIpc) is 2.75. The van der Waals surface area contributed by atoms with E-state index in [9.17, 15) is 0 Å². The minimum Gasteiger partial charge on any atom is -0.494 e. The van der Waals surface area contributed by atoms with Gasteiger partial charge in [-0.1, -0.05) is 10.2 Å². The van der Waals surface area contributed by atoms with Crippen LogP contribution < -0.4 is 14.3 Å². The van der Waals surface area contributed by atoms with Crippen molar-refractivity contribution in [2.45, 2.75) is 0 Å². The zero-order valence-corrected chi connectivity index (χ0v) is 12.4. The third-order valence-electron chi connectivity index (χ3n) is 2.93. The van der Waals surface area contributed by atoms with Crippen molar-refractivity contribution >= 4 is 17.3 Å². The Balaban J connectivity index is 2.34. The molecule has 0 aliphatic carbocycles. The molecule has 0 radical (unpaired) electrons. The van der Waals surface area contributed by atoms with Gasteiger partial charge in [-0.3, -0.25) is 0 Å². The Labute approximate surface area is 118 Å². The first-order chi connectivity index (χ1) is 9.52. The molecule has 2 aromatic rings. The molecule has 106 valence electrons. The number of methoxy groups -OCH3 is 1. The normalized spacial score (nSPS) is 11.1. The standard InChI is InChI=1S/C13H19N6O/c1-17(2)10-6-7-11(12(8-10)20-5)15-16-13-18(3)9-14-19(13)4/h6-9H,1-5H3/q+1. The van der Waals surface area contributed by atoms with Crippen LogP contribution >= 0.6 is 0 Å². The van der Waals surface area contributed by atoms with E-state index in [0.29, 0.717) is 17.4 Å². The van der Waals surface area contributed by atoms with Gasteiger partial charge in [0.05, 0.1) is 21.2 Å². The maximum atomic E-state index is 5.36. The third kappa shape index (κ3) is 2.76. The summed E-state index contributed by atoms with van der Waals surface area (Å²) in [5.41, 5.74) is 1.73. The highest BCUT2D eigenvalue weighted by Gasteiger charge is 2.13. The molecule has 0 atom stereocenters. The Morgan fingerprint density at radius 1 is 1.30 bits per heavy atom. The summed E-state index contributed by atoms with van der Waals surface area (Å²) in [6.45, 7) is 0.